The van der Waals surface area contributed by atoms with Crippen LogP contribution in [-0.4, -0.2) is 60.0 Å². The molecule has 0 radical (unpaired) electrons. The summed E-state index contributed by atoms with van der Waals surface area (Å²) in [5.41, 5.74) is 0.825. The van der Waals surface area contributed by atoms with Gasteiger partial charge < -0.3 is 18.6 Å². The molecule has 2 aliphatic heterocycles. The molecule has 0 spiro atoms. The maximum atomic E-state index is 5.87. The summed E-state index contributed by atoms with van der Waals surface area (Å²) in [6, 6.07) is 5.61. The zero-order valence-electron chi connectivity index (χ0n) is 15.0. The van der Waals surface area contributed by atoms with Gasteiger partial charge in [-0.1, -0.05) is 25.6 Å². The van der Waals surface area contributed by atoms with E-state index in [1.54, 1.807) is 11.8 Å². The Balaban J connectivity index is 1.34. The number of fused-ring (bicyclic) bond motifs is 1. The number of morpholine rings is 1. The number of nitrogens with zero attached hydrogens (tertiary/aromatic N) is 3. The number of ether oxygens (including phenoxy) is 3. The first-order valence-electron chi connectivity index (χ1n) is 8.87. The molecule has 1 aromatic heterocycles. The van der Waals surface area contributed by atoms with Crippen molar-refractivity contribution in [2.24, 2.45) is 5.92 Å². The van der Waals surface area contributed by atoms with Gasteiger partial charge in [-0.25, -0.2) is 0 Å². The Morgan fingerprint density at radius 1 is 1.23 bits per heavy atom. The number of aromatic nitrogens is 2. The highest BCUT2D eigenvalue weighted by Gasteiger charge is 2.22. The van der Waals surface area contributed by atoms with Gasteiger partial charge in [-0.2, -0.15) is 0 Å². The number of hydrogen-bond donors (Lipinski definition) is 0. The fourth-order valence-corrected chi connectivity index (χ4v) is 3.91. The molecule has 0 aliphatic carbocycles. The van der Waals surface area contributed by atoms with Crippen LogP contribution in [0.3, 0.4) is 0 Å². The zero-order chi connectivity index (χ0) is 17.9. The zero-order valence-corrected chi connectivity index (χ0v) is 15.8. The highest BCUT2D eigenvalue weighted by atomic mass is 32.2. The molecule has 1 aromatic carbocycles. The van der Waals surface area contributed by atoms with Crippen LogP contribution in [0.25, 0.3) is 11.5 Å². The van der Waals surface area contributed by atoms with Crippen LogP contribution in [0.1, 0.15) is 13.8 Å². The quantitative estimate of drug-likeness (QED) is 0.712. The van der Waals surface area contributed by atoms with Gasteiger partial charge in [0.05, 0.1) is 12.7 Å². The van der Waals surface area contributed by atoms with Gasteiger partial charge in [0.1, 0.15) is 0 Å². The van der Waals surface area contributed by atoms with Crippen LogP contribution < -0.4 is 9.47 Å². The summed E-state index contributed by atoms with van der Waals surface area (Å²) in [4.78, 5) is 2.46. The first kappa shape index (κ1) is 17.6. The minimum absolute atomic E-state index is 0.188. The van der Waals surface area contributed by atoms with Crippen LogP contribution in [0.2, 0.25) is 0 Å². The fraction of sp³-hybridized carbons (Fsp3) is 0.556. The summed E-state index contributed by atoms with van der Waals surface area (Å²) in [6.45, 7) is 8.59. The van der Waals surface area contributed by atoms with E-state index in [-0.39, 0.29) is 12.9 Å². The van der Waals surface area contributed by atoms with Crippen LogP contribution in [0.4, 0.5) is 0 Å². The van der Waals surface area contributed by atoms with Crippen molar-refractivity contribution in [2.45, 2.75) is 25.2 Å². The SMILES string of the molecule is CC(C)CN1CCO[C@@H](CSc2nnc(-c3ccc4c(c3)OCO4)o2)C1. The van der Waals surface area contributed by atoms with Gasteiger partial charge in [0.25, 0.3) is 5.22 Å². The molecule has 26 heavy (non-hydrogen) atoms. The molecule has 1 fully saturated rings. The lowest BCUT2D eigenvalue weighted by Crippen LogP contribution is -2.44. The van der Waals surface area contributed by atoms with Crippen molar-refractivity contribution < 1.29 is 18.6 Å². The summed E-state index contributed by atoms with van der Waals surface area (Å²) in [7, 11) is 0. The lowest BCUT2D eigenvalue weighted by Gasteiger charge is -2.33. The Hall–Kier alpha value is -1.77. The summed E-state index contributed by atoms with van der Waals surface area (Å²) in [5.74, 6) is 3.40. The molecule has 0 unspecified atom stereocenters. The van der Waals surface area contributed by atoms with E-state index in [1.807, 2.05) is 18.2 Å². The van der Waals surface area contributed by atoms with Gasteiger partial charge in [0.2, 0.25) is 12.7 Å². The minimum Gasteiger partial charge on any atom is -0.454 e. The summed E-state index contributed by atoms with van der Waals surface area (Å²) >= 11 is 1.54. The molecule has 0 saturated carbocycles. The molecule has 8 heteroatoms. The molecule has 1 saturated heterocycles. The highest BCUT2D eigenvalue weighted by molar-refractivity contribution is 7.99. The average Bonchev–Trinajstić information content (AvgIpc) is 3.28. The van der Waals surface area contributed by atoms with Crippen molar-refractivity contribution in [3.8, 4) is 23.0 Å². The third-order valence-electron chi connectivity index (χ3n) is 4.26. The Labute approximate surface area is 157 Å². The number of hydrogen-bond acceptors (Lipinski definition) is 8. The first-order chi connectivity index (χ1) is 12.7. The maximum absolute atomic E-state index is 5.87. The third-order valence-corrected chi connectivity index (χ3v) is 5.22. The topological polar surface area (TPSA) is 69.9 Å². The van der Waals surface area contributed by atoms with E-state index in [9.17, 15) is 0 Å². The van der Waals surface area contributed by atoms with Crippen LogP contribution in [-0.2, 0) is 4.74 Å². The van der Waals surface area contributed by atoms with Crippen LogP contribution >= 0.6 is 11.8 Å². The molecular weight excluding hydrogens is 354 g/mol. The predicted molar refractivity (Wildman–Crippen MR) is 97.6 cm³/mol. The molecule has 3 heterocycles. The Bertz CT molecular complexity index is 752. The molecule has 2 aromatic rings. The Morgan fingerprint density at radius 2 is 2.12 bits per heavy atom. The van der Waals surface area contributed by atoms with Crippen LogP contribution in [0.5, 0.6) is 11.5 Å². The van der Waals surface area contributed by atoms with Crippen molar-refractivity contribution in [3.05, 3.63) is 18.2 Å². The first-order valence-corrected chi connectivity index (χ1v) is 9.86. The van der Waals surface area contributed by atoms with E-state index in [4.69, 9.17) is 18.6 Å². The lowest BCUT2D eigenvalue weighted by molar-refractivity contribution is -0.0192. The smallest absolute Gasteiger partial charge is 0.276 e. The van der Waals surface area contributed by atoms with Crippen molar-refractivity contribution in [2.75, 3.05) is 38.8 Å². The van der Waals surface area contributed by atoms with E-state index in [1.165, 1.54) is 0 Å². The van der Waals surface area contributed by atoms with E-state index >= 15 is 0 Å². The normalized spacial score (nSPS) is 20.0. The molecule has 0 N–H and O–H groups in total. The van der Waals surface area contributed by atoms with Crippen molar-refractivity contribution in [1.82, 2.24) is 15.1 Å². The van der Waals surface area contributed by atoms with Gasteiger partial charge in [-0.15, -0.1) is 10.2 Å². The molecule has 140 valence electrons. The van der Waals surface area contributed by atoms with E-state index < -0.39 is 0 Å². The second-order valence-electron chi connectivity index (χ2n) is 6.90. The standard InChI is InChI=1S/C18H23N3O4S/c1-12(2)8-21-5-6-22-14(9-21)10-26-18-20-19-17(25-18)13-3-4-15-16(7-13)24-11-23-15/h3-4,7,12,14H,5-6,8-11H2,1-2H3/t14-/m1/s1. The van der Waals surface area contributed by atoms with Gasteiger partial charge >= 0.3 is 0 Å². The van der Waals surface area contributed by atoms with Gasteiger partial charge in [0.15, 0.2) is 11.5 Å². The van der Waals surface area contributed by atoms with Crippen LogP contribution in [0.15, 0.2) is 27.8 Å². The van der Waals surface area contributed by atoms with Gasteiger partial charge in [-0.05, 0) is 24.1 Å². The number of thioether (sulfide) groups is 1. The second-order valence-corrected chi connectivity index (χ2v) is 7.87. The monoisotopic (exact) mass is 377 g/mol. The van der Waals surface area contributed by atoms with Crippen molar-refractivity contribution in [3.63, 3.8) is 0 Å². The highest BCUT2D eigenvalue weighted by Crippen LogP contribution is 2.36. The van der Waals surface area contributed by atoms with E-state index in [0.717, 1.165) is 43.3 Å². The molecule has 4 rings (SSSR count). The molecule has 7 nitrogen and oxygen atoms in total. The van der Waals surface area contributed by atoms with E-state index in [2.05, 4.69) is 28.9 Å². The Morgan fingerprint density at radius 3 is 3.00 bits per heavy atom. The van der Waals surface area contributed by atoms with Gasteiger partial charge in [-0.3, -0.25) is 4.90 Å². The van der Waals surface area contributed by atoms with Crippen molar-refractivity contribution in [1.29, 1.82) is 0 Å². The molecule has 1 atom stereocenters. The molecule has 0 bridgehead atoms. The second kappa shape index (κ2) is 7.85. The summed E-state index contributed by atoms with van der Waals surface area (Å²) in [6.07, 6.45) is 0.188. The average molecular weight is 377 g/mol. The molecule has 0 amide bonds. The minimum atomic E-state index is 0.188. The van der Waals surface area contributed by atoms with E-state index in [0.29, 0.717) is 22.8 Å². The fourth-order valence-electron chi connectivity index (χ4n) is 3.14. The van der Waals surface area contributed by atoms with Crippen LogP contribution in [0, 0.1) is 5.92 Å². The summed E-state index contributed by atoms with van der Waals surface area (Å²) < 4.78 is 22.4. The Kier molecular flexibility index (Phi) is 5.33. The number of rotatable bonds is 6. The third kappa shape index (κ3) is 4.13. The lowest BCUT2D eigenvalue weighted by atomic mass is 10.2. The maximum Gasteiger partial charge on any atom is 0.276 e. The van der Waals surface area contributed by atoms with Crippen molar-refractivity contribution >= 4 is 11.8 Å². The molecule has 2 aliphatic rings. The predicted octanol–water partition coefficient (Wildman–Crippen LogP) is 2.91. The summed E-state index contributed by atoms with van der Waals surface area (Å²) in [5, 5.41) is 8.85. The molecular formula is C18H23N3O4S. The number of benzene rings is 1. The van der Waals surface area contributed by atoms with Gasteiger partial charge in [0, 0.05) is 31.0 Å². The largest absolute Gasteiger partial charge is 0.454 e.